The summed E-state index contributed by atoms with van der Waals surface area (Å²) in [7, 11) is 0. The largest absolute Gasteiger partial charge is 0.395 e. The van der Waals surface area contributed by atoms with Crippen LogP contribution in [0.15, 0.2) is 60.7 Å². The normalized spacial score (nSPS) is 15.1. The maximum Gasteiger partial charge on any atom is 0.132 e. The van der Waals surface area contributed by atoms with Gasteiger partial charge >= 0.3 is 0 Å². The predicted molar refractivity (Wildman–Crippen MR) is 133 cm³/mol. The van der Waals surface area contributed by atoms with Crippen molar-refractivity contribution in [1.29, 1.82) is 0 Å². The molecule has 0 bridgehead atoms. The van der Waals surface area contributed by atoms with Gasteiger partial charge in [-0.1, -0.05) is 100 Å². The van der Waals surface area contributed by atoms with Gasteiger partial charge in [-0.2, -0.15) is 0 Å². The van der Waals surface area contributed by atoms with Crippen molar-refractivity contribution in [1.82, 2.24) is 0 Å². The number of aliphatic hydroxyl groups is 2. The fourth-order valence-corrected chi connectivity index (χ4v) is 4.46. The summed E-state index contributed by atoms with van der Waals surface area (Å²) < 4.78 is 0. The fourth-order valence-electron chi connectivity index (χ4n) is 4.46. The van der Waals surface area contributed by atoms with Crippen LogP contribution in [0.3, 0.4) is 0 Å². The molecule has 3 nitrogen and oxygen atoms in total. The number of Topliss-reactive ketones (excluding diaryl/α,β-unsaturated/α-hetero) is 1. The number of benzene rings is 2. The Labute approximate surface area is 194 Å². The third-order valence-electron chi connectivity index (χ3n) is 7.01. The zero-order valence-corrected chi connectivity index (χ0v) is 20.1. The third-order valence-corrected chi connectivity index (χ3v) is 7.01. The van der Waals surface area contributed by atoms with Gasteiger partial charge in [0.25, 0.3) is 0 Å². The highest BCUT2D eigenvalue weighted by Crippen LogP contribution is 2.30. The Morgan fingerprint density at radius 2 is 1.00 bits per heavy atom. The summed E-state index contributed by atoms with van der Waals surface area (Å²) in [6, 6.07) is 20.4. The molecule has 0 spiro atoms. The van der Waals surface area contributed by atoms with E-state index in [1.54, 1.807) is 0 Å². The summed E-state index contributed by atoms with van der Waals surface area (Å²) in [6.45, 7) is 4.53. The molecule has 0 saturated carbocycles. The van der Waals surface area contributed by atoms with Crippen LogP contribution in [0.1, 0.15) is 89.2 Å². The molecule has 0 aliphatic carbocycles. The molecule has 0 radical (unpaired) electrons. The van der Waals surface area contributed by atoms with Crippen molar-refractivity contribution in [3.63, 3.8) is 0 Å². The monoisotopic (exact) mass is 438 g/mol. The topological polar surface area (TPSA) is 57.5 Å². The molecule has 2 N–H and O–H groups in total. The molecule has 2 unspecified atom stereocenters. The van der Waals surface area contributed by atoms with Crippen LogP contribution in [0.4, 0.5) is 0 Å². The first-order valence-corrected chi connectivity index (χ1v) is 12.3. The van der Waals surface area contributed by atoms with Gasteiger partial charge in [0.15, 0.2) is 0 Å². The van der Waals surface area contributed by atoms with Gasteiger partial charge in [-0.25, -0.2) is 0 Å². The minimum atomic E-state index is -0.200. The first kappa shape index (κ1) is 26.3. The highest BCUT2D eigenvalue weighted by molar-refractivity contribution is 5.78. The van der Waals surface area contributed by atoms with Crippen LogP contribution in [-0.4, -0.2) is 29.2 Å². The van der Waals surface area contributed by atoms with Crippen molar-refractivity contribution in [2.45, 2.75) is 88.9 Å². The summed E-state index contributed by atoms with van der Waals surface area (Å²) in [4.78, 5) is 12.2. The van der Waals surface area contributed by atoms with Crippen molar-refractivity contribution < 1.29 is 15.0 Å². The van der Waals surface area contributed by atoms with E-state index < -0.39 is 0 Å². The number of aliphatic hydroxyl groups excluding tert-OH is 2. The molecule has 0 aliphatic rings. The SMILES string of the molecule is CC(CO)(CCCCCC(=O)CCCCCC(C)(CO)c1ccccc1)c1ccccc1. The minimum Gasteiger partial charge on any atom is -0.395 e. The van der Waals surface area contributed by atoms with Crippen LogP contribution in [-0.2, 0) is 15.6 Å². The Balaban J connectivity index is 1.58. The van der Waals surface area contributed by atoms with Gasteiger partial charge < -0.3 is 10.2 Å². The third kappa shape index (κ3) is 8.18. The molecule has 176 valence electrons. The van der Waals surface area contributed by atoms with Gasteiger partial charge in [-0.3, -0.25) is 4.79 Å². The first-order valence-electron chi connectivity index (χ1n) is 12.3. The van der Waals surface area contributed by atoms with Crippen molar-refractivity contribution in [2.75, 3.05) is 13.2 Å². The van der Waals surface area contributed by atoms with Gasteiger partial charge in [0.2, 0.25) is 0 Å². The Morgan fingerprint density at radius 1 is 0.625 bits per heavy atom. The summed E-state index contributed by atoms with van der Waals surface area (Å²) in [5.74, 6) is 0.367. The molecule has 0 amide bonds. The van der Waals surface area contributed by atoms with E-state index in [-0.39, 0.29) is 24.0 Å². The fraction of sp³-hybridized carbons (Fsp3) is 0.552. The summed E-state index contributed by atoms with van der Waals surface area (Å²) in [6.07, 6.45) is 9.19. The van der Waals surface area contributed by atoms with E-state index in [4.69, 9.17) is 0 Å². The van der Waals surface area contributed by atoms with E-state index in [0.717, 1.165) is 51.4 Å². The van der Waals surface area contributed by atoms with E-state index >= 15 is 0 Å². The van der Waals surface area contributed by atoms with E-state index in [9.17, 15) is 15.0 Å². The molecule has 2 aromatic carbocycles. The van der Waals surface area contributed by atoms with E-state index in [1.165, 1.54) is 11.1 Å². The average molecular weight is 439 g/mol. The molecule has 0 aromatic heterocycles. The number of hydrogen-bond donors (Lipinski definition) is 2. The Hall–Kier alpha value is -1.97. The number of rotatable bonds is 16. The zero-order valence-electron chi connectivity index (χ0n) is 20.1. The van der Waals surface area contributed by atoms with Crippen LogP contribution in [0.5, 0.6) is 0 Å². The van der Waals surface area contributed by atoms with Crippen LogP contribution < -0.4 is 0 Å². The molecule has 0 saturated heterocycles. The lowest BCUT2D eigenvalue weighted by molar-refractivity contribution is -0.119. The van der Waals surface area contributed by atoms with Crippen molar-refractivity contribution in [2.24, 2.45) is 0 Å². The second kappa shape index (κ2) is 13.5. The number of carbonyl (C=O) groups is 1. The molecule has 2 aromatic rings. The number of hydrogen-bond acceptors (Lipinski definition) is 3. The minimum absolute atomic E-state index is 0.148. The molecular formula is C29H42O3. The second-order valence-electron chi connectivity index (χ2n) is 9.83. The lowest BCUT2D eigenvalue weighted by Gasteiger charge is -2.28. The van der Waals surface area contributed by atoms with Crippen molar-refractivity contribution >= 4 is 5.78 Å². The molecule has 0 aliphatic heterocycles. The maximum absolute atomic E-state index is 12.2. The number of ketones is 1. The molecule has 2 atom stereocenters. The summed E-state index contributed by atoms with van der Waals surface area (Å²) in [5.41, 5.74) is 1.97. The van der Waals surface area contributed by atoms with E-state index in [1.807, 2.05) is 36.4 Å². The molecule has 0 fully saturated rings. The predicted octanol–water partition coefficient (Wildman–Crippen LogP) is 6.36. The van der Waals surface area contributed by atoms with Crippen LogP contribution in [0.2, 0.25) is 0 Å². The van der Waals surface area contributed by atoms with E-state index in [2.05, 4.69) is 38.1 Å². The molecular weight excluding hydrogens is 396 g/mol. The summed E-state index contributed by atoms with van der Waals surface area (Å²) >= 11 is 0. The number of unbranched alkanes of at least 4 members (excludes halogenated alkanes) is 4. The van der Waals surface area contributed by atoms with Crippen LogP contribution in [0.25, 0.3) is 0 Å². The standard InChI is InChI=1S/C29H42O3/c1-28(23-30,25-15-7-3-8-16-25)21-13-5-11-19-27(32)20-12-6-14-22-29(2,24-31)26-17-9-4-10-18-26/h3-4,7-10,15-18,30-31H,5-6,11-14,19-24H2,1-2H3. The molecule has 2 rings (SSSR count). The highest BCUT2D eigenvalue weighted by Gasteiger charge is 2.25. The quantitative estimate of drug-likeness (QED) is 0.300. The average Bonchev–Trinajstić information content (AvgIpc) is 2.84. The second-order valence-corrected chi connectivity index (χ2v) is 9.83. The lowest BCUT2D eigenvalue weighted by Crippen LogP contribution is -2.26. The maximum atomic E-state index is 12.2. The Bertz CT molecular complexity index is 708. The number of carbonyl (C=O) groups excluding carboxylic acids is 1. The van der Waals surface area contributed by atoms with Gasteiger partial charge in [0.05, 0.1) is 13.2 Å². The Morgan fingerprint density at radius 3 is 1.34 bits per heavy atom. The molecule has 3 heteroatoms. The van der Waals surface area contributed by atoms with Crippen molar-refractivity contribution in [3.8, 4) is 0 Å². The zero-order chi connectivity index (χ0) is 23.3. The molecule has 0 heterocycles. The smallest absolute Gasteiger partial charge is 0.132 e. The van der Waals surface area contributed by atoms with Crippen LogP contribution in [0, 0.1) is 0 Å². The van der Waals surface area contributed by atoms with Crippen molar-refractivity contribution in [3.05, 3.63) is 71.8 Å². The van der Waals surface area contributed by atoms with Gasteiger partial charge in [0, 0.05) is 23.7 Å². The molecule has 32 heavy (non-hydrogen) atoms. The first-order chi connectivity index (χ1) is 15.4. The lowest BCUT2D eigenvalue weighted by atomic mass is 9.78. The van der Waals surface area contributed by atoms with Gasteiger partial charge in [0.1, 0.15) is 5.78 Å². The highest BCUT2D eigenvalue weighted by atomic mass is 16.3. The Kier molecular flexibility index (Phi) is 11.1. The van der Waals surface area contributed by atoms with Gasteiger partial charge in [-0.05, 0) is 36.8 Å². The van der Waals surface area contributed by atoms with Gasteiger partial charge in [-0.15, -0.1) is 0 Å². The van der Waals surface area contributed by atoms with Crippen LogP contribution >= 0.6 is 0 Å². The van der Waals surface area contributed by atoms with E-state index in [0.29, 0.717) is 18.6 Å². The summed E-state index contributed by atoms with van der Waals surface area (Å²) in [5, 5.41) is 19.8.